The average Bonchev–Trinajstić information content (AvgIpc) is 3.49. The molecule has 4 aromatic heterocycles. The summed E-state index contributed by atoms with van der Waals surface area (Å²) in [5, 5.41) is 13.5. The van der Waals surface area contributed by atoms with E-state index < -0.39 is 5.97 Å². The molecule has 6 aromatic rings. The monoisotopic (exact) mass is 500 g/mol. The van der Waals surface area contributed by atoms with E-state index in [-0.39, 0.29) is 11.6 Å². The van der Waals surface area contributed by atoms with Crippen molar-refractivity contribution in [2.45, 2.75) is 19.9 Å². The van der Waals surface area contributed by atoms with Gasteiger partial charge in [-0.05, 0) is 55.3 Å². The highest BCUT2D eigenvalue weighted by Gasteiger charge is 2.24. The van der Waals surface area contributed by atoms with Gasteiger partial charge in [-0.15, -0.1) is 0 Å². The molecule has 0 saturated heterocycles. The maximum atomic E-state index is 11.4. The Hall–Kier alpha value is -5.04. The Morgan fingerprint density at radius 2 is 1.68 bits per heavy atom. The molecule has 7 heteroatoms. The molecule has 7 nitrogen and oxygen atoms in total. The normalized spacial score (nSPS) is 12.1. The molecular weight excluding hydrogens is 476 g/mol. The van der Waals surface area contributed by atoms with Crippen LogP contribution in [0.15, 0.2) is 102 Å². The number of pyridine rings is 2. The standard InChI is InChI=1S/C31H24N4O3/c1-19-28(20(2)38-34-19)24-16-27-29(33-17-24)25(21-11-13-23(14-12-21)31(36)37)18-35(27)30(22-8-4-3-5-9-22)26-10-6-7-15-32-26/h3-18,30H,1-2H3,(H,36,37)/t30-/m1/s1. The van der Waals surface area contributed by atoms with Crippen molar-refractivity contribution >= 4 is 17.0 Å². The molecule has 0 bridgehead atoms. The van der Waals surface area contributed by atoms with E-state index in [9.17, 15) is 9.90 Å². The summed E-state index contributed by atoms with van der Waals surface area (Å²) in [5.74, 6) is -0.226. The van der Waals surface area contributed by atoms with E-state index in [1.807, 2.05) is 68.6 Å². The predicted octanol–water partition coefficient (Wildman–Crippen LogP) is 6.71. The van der Waals surface area contributed by atoms with Crippen molar-refractivity contribution in [3.63, 3.8) is 0 Å². The van der Waals surface area contributed by atoms with E-state index in [0.717, 1.165) is 56.0 Å². The zero-order chi connectivity index (χ0) is 26.2. The lowest BCUT2D eigenvalue weighted by molar-refractivity contribution is 0.0697. The number of carboxylic acids is 1. The third-order valence-electron chi connectivity index (χ3n) is 6.80. The second kappa shape index (κ2) is 9.44. The number of hydrogen-bond donors (Lipinski definition) is 1. The van der Waals surface area contributed by atoms with Gasteiger partial charge in [0.05, 0.1) is 28.0 Å². The number of carboxylic acid groups (broad SMARTS) is 1. The summed E-state index contributed by atoms with van der Waals surface area (Å²) >= 11 is 0. The molecule has 0 fully saturated rings. The number of hydrogen-bond acceptors (Lipinski definition) is 5. The number of aromatic nitrogens is 4. The van der Waals surface area contributed by atoms with E-state index in [2.05, 4.69) is 34.1 Å². The van der Waals surface area contributed by atoms with Gasteiger partial charge in [-0.2, -0.15) is 0 Å². The minimum Gasteiger partial charge on any atom is -0.478 e. The number of carbonyl (C=O) groups is 1. The molecule has 0 aliphatic rings. The zero-order valence-corrected chi connectivity index (χ0v) is 20.9. The number of benzene rings is 2. The molecule has 1 atom stereocenters. The Kier molecular flexibility index (Phi) is 5.81. The smallest absolute Gasteiger partial charge is 0.335 e. The van der Waals surface area contributed by atoms with Crippen LogP contribution in [-0.4, -0.2) is 30.8 Å². The first-order chi connectivity index (χ1) is 18.5. The van der Waals surface area contributed by atoms with Crippen molar-refractivity contribution in [3.8, 4) is 22.3 Å². The third kappa shape index (κ3) is 4.04. The molecule has 0 aliphatic carbocycles. The van der Waals surface area contributed by atoms with E-state index in [1.54, 1.807) is 18.3 Å². The summed E-state index contributed by atoms with van der Waals surface area (Å²) in [6.45, 7) is 3.82. The van der Waals surface area contributed by atoms with Gasteiger partial charge in [0.15, 0.2) is 0 Å². The first kappa shape index (κ1) is 23.4. The van der Waals surface area contributed by atoms with Crippen LogP contribution >= 0.6 is 0 Å². The van der Waals surface area contributed by atoms with Gasteiger partial charge in [0.25, 0.3) is 0 Å². The molecular formula is C31H24N4O3. The Bertz CT molecular complexity index is 1700. The van der Waals surface area contributed by atoms with Gasteiger partial charge in [-0.3, -0.25) is 9.97 Å². The molecule has 0 spiro atoms. The molecule has 2 aromatic carbocycles. The maximum Gasteiger partial charge on any atom is 0.335 e. The van der Waals surface area contributed by atoms with Gasteiger partial charge in [0, 0.05) is 35.3 Å². The summed E-state index contributed by atoms with van der Waals surface area (Å²) in [5.41, 5.74) is 8.35. The highest BCUT2D eigenvalue weighted by Crippen LogP contribution is 2.38. The average molecular weight is 501 g/mol. The Balaban J connectivity index is 1.63. The van der Waals surface area contributed by atoms with Crippen LogP contribution < -0.4 is 0 Å². The predicted molar refractivity (Wildman–Crippen MR) is 145 cm³/mol. The molecule has 0 radical (unpaired) electrons. The van der Waals surface area contributed by atoms with Crippen LogP contribution in [-0.2, 0) is 0 Å². The van der Waals surface area contributed by atoms with E-state index in [4.69, 9.17) is 14.5 Å². The molecule has 0 amide bonds. The van der Waals surface area contributed by atoms with Crippen molar-refractivity contribution in [1.29, 1.82) is 0 Å². The van der Waals surface area contributed by atoms with Gasteiger partial charge < -0.3 is 14.2 Å². The van der Waals surface area contributed by atoms with Crippen LogP contribution in [0.2, 0.25) is 0 Å². The topological polar surface area (TPSA) is 94.0 Å². The van der Waals surface area contributed by atoms with Crippen molar-refractivity contribution in [2.24, 2.45) is 0 Å². The minimum atomic E-state index is -0.958. The van der Waals surface area contributed by atoms with Gasteiger partial charge >= 0.3 is 5.97 Å². The molecule has 0 unspecified atom stereocenters. The van der Waals surface area contributed by atoms with E-state index >= 15 is 0 Å². The quantitative estimate of drug-likeness (QED) is 0.273. The zero-order valence-electron chi connectivity index (χ0n) is 20.9. The molecule has 186 valence electrons. The van der Waals surface area contributed by atoms with Crippen molar-refractivity contribution in [1.82, 2.24) is 19.7 Å². The summed E-state index contributed by atoms with van der Waals surface area (Å²) in [6, 6.07) is 24.9. The molecule has 6 rings (SSSR count). The van der Waals surface area contributed by atoms with E-state index in [1.165, 1.54) is 0 Å². The number of nitrogens with zero attached hydrogens (tertiary/aromatic N) is 4. The minimum absolute atomic E-state index is 0.214. The van der Waals surface area contributed by atoms with Crippen molar-refractivity contribution < 1.29 is 14.4 Å². The summed E-state index contributed by atoms with van der Waals surface area (Å²) in [4.78, 5) is 21.1. The van der Waals surface area contributed by atoms with Crippen LogP contribution in [0.4, 0.5) is 0 Å². The fourth-order valence-electron chi connectivity index (χ4n) is 5.02. The highest BCUT2D eigenvalue weighted by molar-refractivity contribution is 5.96. The molecule has 0 saturated carbocycles. The fourth-order valence-corrected chi connectivity index (χ4v) is 5.02. The van der Waals surface area contributed by atoms with Crippen LogP contribution in [0, 0.1) is 13.8 Å². The Labute approximate surface area is 219 Å². The fraction of sp³-hybridized carbons (Fsp3) is 0.0968. The van der Waals surface area contributed by atoms with Crippen LogP contribution in [0.1, 0.15) is 39.1 Å². The lowest BCUT2D eigenvalue weighted by Crippen LogP contribution is -2.13. The number of fused-ring (bicyclic) bond motifs is 1. The number of rotatable bonds is 6. The highest BCUT2D eigenvalue weighted by atomic mass is 16.5. The number of aromatic carboxylic acids is 1. The largest absolute Gasteiger partial charge is 0.478 e. The van der Waals surface area contributed by atoms with Gasteiger partial charge in [0.1, 0.15) is 11.8 Å². The maximum absolute atomic E-state index is 11.4. The Morgan fingerprint density at radius 1 is 0.921 bits per heavy atom. The second-order valence-corrected chi connectivity index (χ2v) is 9.19. The first-order valence-corrected chi connectivity index (χ1v) is 12.2. The summed E-state index contributed by atoms with van der Waals surface area (Å²) in [7, 11) is 0. The molecule has 0 aliphatic heterocycles. The van der Waals surface area contributed by atoms with Crippen LogP contribution in [0.25, 0.3) is 33.3 Å². The lowest BCUT2D eigenvalue weighted by Gasteiger charge is -2.20. The molecule has 38 heavy (non-hydrogen) atoms. The lowest BCUT2D eigenvalue weighted by atomic mass is 10.0. The Morgan fingerprint density at radius 3 is 2.34 bits per heavy atom. The van der Waals surface area contributed by atoms with E-state index in [0.29, 0.717) is 0 Å². The first-order valence-electron chi connectivity index (χ1n) is 12.2. The van der Waals surface area contributed by atoms with Crippen LogP contribution in [0.5, 0.6) is 0 Å². The SMILES string of the molecule is Cc1noc(C)c1-c1cnc2c(-c3ccc(C(=O)O)cc3)cn([C@H](c3ccccc3)c3ccccn3)c2c1. The summed E-state index contributed by atoms with van der Waals surface area (Å²) in [6.07, 6.45) is 5.72. The second-order valence-electron chi connectivity index (χ2n) is 9.19. The van der Waals surface area contributed by atoms with Crippen molar-refractivity contribution in [3.05, 3.63) is 126 Å². The number of aryl methyl sites for hydroxylation is 2. The molecule has 4 heterocycles. The molecule has 1 N–H and O–H groups in total. The van der Waals surface area contributed by atoms with Gasteiger partial charge in [-0.25, -0.2) is 4.79 Å². The van der Waals surface area contributed by atoms with Gasteiger partial charge in [0.2, 0.25) is 0 Å². The summed E-state index contributed by atoms with van der Waals surface area (Å²) < 4.78 is 7.64. The van der Waals surface area contributed by atoms with Crippen LogP contribution in [0.3, 0.4) is 0 Å². The van der Waals surface area contributed by atoms with Gasteiger partial charge in [-0.1, -0.05) is 53.7 Å². The third-order valence-corrected chi connectivity index (χ3v) is 6.80. The van der Waals surface area contributed by atoms with Crippen molar-refractivity contribution in [2.75, 3.05) is 0 Å².